The van der Waals surface area contributed by atoms with Crippen LogP contribution < -0.4 is 4.74 Å². The largest absolute Gasteiger partial charge is 0.436 e. The van der Waals surface area contributed by atoms with E-state index >= 15 is 0 Å². The van der Waals surface area contributed by atoms with E-state index in [0.29, 0.717) is 5.82 Å². The maximum atomic E-state index is 13.8. The first-order valence-electron chi connectivity index (χ1n) is 5.50. The van der Waals surface area contributed by atoms with Gasteiger partial charge in [0, 0.05) is 11.6 Å². The van der Waals surface area contributed by atoms with E-state index in [1.165, 1.54) is 19.1 Å². The molecular formula is C12H9ClFN3O3. The molecule has 1 aromatic heterocycles. The Kier molecular flexibility index (Phi) is 3.80. The predicted octanol–water partition coefficient (Wildman–Crippen LogP) is 3.59. The van der Waals surface area contributed by atoms with Crippen molar-refractivity contribution in [2.45, 2.75) is 13.8 Å². The molecule has 8 heteroatoms. The fourth-order valence-corrected chi connectivity index (χ4v) is 1.81. The van der Waals surface area contributed by atoms with Gasteiger partial charge < -0.3 is 4.74 Å². The Morgan fingerprint density at radius 1 is 1.30 bits per heavy atom. The SMILES string of the molecule is Cc1nc(Cl)cc(Oc2cc(C)c([N+](=O)[O-])cc2F)n1. The highest BCUT2D eigenvalue weighted by Gasteiger charge is 2.17. The van der Waals surface area contributed by atoms with Crippen molar-refractivity contribution >= 4 is 17.3 Å². The minimum atomic E-state index is -0.852. The molecule has 20 heavy (non-hydrogen) atoms. The van der Waals surface area contributed by atoms with Gasteiger partial charge in [-0.2, -0.15) is 4.98 Å². The van der Waals surface area contributed by atoms with E-state index in [4.69, 9.17) is 16.3 Å². The molecule has 1 aromatic carbocycles. The molecule has 2 aromatic rings. The Hall–Kier alpha value is -2.28. The van der Waals surface area contributed by atoms with Gasteiger partial charge in [0.05, 0.1) is 11.0 Å². The summed E-state index contributed by atoms with van der Waals surface area (Å²) < 4.78 is 19.0. The van der Waals surface area contributed by atoms with Gasteiger partial charge >= 0.3 is 0 Å². The predicted molar refractivity (Wildman–Crippen MR) is 69.6 cm³/mol. The fourth-order valence-electron chi connectivity index (χ4n) is 1.59. The van der Waals surface area contributed by atoms with Crippen molar-refractivity contribution in [3.05, 3.63) is 50.7 Å². The van der Waals surface area contributed by atoms with Gasteiger partial charge in [0.2, 0.25) is 5.88 Å². The maximum absolute atomic E-state index is 13.8. The van der Waals surface area contributed by atoms with Gasteiger partial charge in [-0.1, -0.05) is 11.6 Å². The van der Waals surface area contributed by atoms with Gasteiger partial charge in [-0.3, -0.25) is 10.1 Å². The molecule has 0 fully saturated rings. The summed E-state index contributed by atoms with van der Waals surface area (Å²) in [6.07, 6.45) is 0. The van der Waals surface area contributed by atoms with E-state index in [1.807, 2.05) is 0 Å². The van der Waals surface area contributed by atoms with E-state index in [0.717, 1.165) is 6.07 Å². The second-order valence-corrected chi connectivity index (χ2v) is 4.39. The second kappa shape index (κ2) is 5.38. The zero-order valence-electron chi connectivity index (χ0n) is 10.6. The van der Waals surface area contributed by atoms with E-state index < -0.39 is 10.7 Å². The number of ether oxygens (including phenoxy) is 1. The third kappa shape index (κ3) is 3.00. The summed E-state index contributed by atoms with van der Waals surface area (Å²) in [4.78, 5) is 17.8. The fraction of sp³-hybridized carbons (Fsp3) is 0.167. The van der Waals surface area contributed by atoms with Crippen LogP contribution in [0, 0.1) is 29.8 Å². The molecule has 104 valence electrons. The van der Waals surface area contributed by atoms with Crippen molar-refractivity contribution in [1.82, 2.24) is 9.97 Å². The Bertz CT molecular complexity index is 674. The van der Waals surface area contributed by atoms with Crippen LogP contribution in [0.5, 0.6) is 11.6 Å². The van der Waals surface area contributed by atoms with Gasteiger partial charge in [0.25, 0.3) is 5.69 Å². The monoisotopic (exact) mass is 297 g/mol. The highest BCUT2D eigenvalue weighted by atomic mass is 35.5. The Balaban J connectivity index is 2.39. The van der Waals surface area contributed by atoms with Crippen molar-refractivity contribution in [2.24, 2.45) is 0 Å². The molecule has 1 heterocycles. The van der Waals surface area contributed by atoms with Crippen molar-refractivity contribution in [3.63, 3.8) is 0 Å². The zero-order valence-corrected chi connectivity index (χ0v) is 11.3. The molecule has 0 saturated heterocycles. The van der Waals surface area contributed by atoms with Crippen molar-refractivity contribution in [2.75, 3.05) is 0 Å². The summed E-state index contributed by atoms with van der Waals surface area (Å²) in [6.45, 7) is 3.10. The van der Waals surface area contributed by atoms with Gasteiger partial charge in [-0.15, -0.1) is 0 Å². The molecular weight excluding hydrogens is 289 g/mol. The van der Waals surface area contributed by atoms with Crippen LogP contribution in [0.2, 0.25) is 5.15 Å². The van der Waals surface area contributed by atoms with Crippen molar-refractivity contribution < 1.29 is 14.1 Å². The van der Waals surface area contributed by atoms with Crippen LogP contribution in [-0.2, 0) is 0 Å². The summed E-state index contributed by atoms with van der Waals surface area (Å²) in [5.41, 5.74) is -0.0324. The smallest absolute Gasteiger partial charge is 0.275 e. The van der Waals surface area contributed by atoms with Gasteiger partial charge in [-0.25, -0.2) is 9.37 Å². The highest BCUT2D eigenvalue weighted by Crippen LogP contribution is 2.30. The number of nitro benzene ring substituents is 1. The van der Waals surface area contributed by atoms with Gasteiger partial charge in [0.1, 0.15) is 11.0 Å². The molecule has 0 atom stereocenters. The number of nitrogens with zero attached hydrogens (tertiary/aromatic N) is 3. The first-order chi connectivity index (χ1) is 9.36. The summed E-state index contributed by atoms with van der Waals surface area (Å²) in [5, 5.41) is 10.9. The molecule has 6 nitrogen and oxygen atoms in total. The highest BCUT2D eigenvalue weighted by molar-refractivity contribution is 6.29. The lowest BCUT2D eigenvalue weighted by atomic mass is 10.2. The van der Waals surface area contributed by atoms with Crippen LogP contribution in [0.15, 0.2) is 18.2 Å². The number of benzene rings is 1. The van der Waals surface area contributed by atoms with Crippen LogP contribution in [0.3, 0.4) is 0 Å². The number of rotatable bonds is 3. The summed E-state index contributed by atoms with van der Waals surface area (Å²) >= 11 is 5.74. The van der Waals surface area contributed by atoms with E-state index in [2.05, 4.69) is 9.97 Å². The van der Waals surface area contributed by atoms with E-state index in [1.54, 1.807) is 6.92 Å². The molecule has 0 bridgehead atoms. The molecule has 0 spiro atoms. The van der Waals surface area contributed by atoms with E-state index in [9.17, 15) is 14.5 Å². The van der Waals surface area contributed by atoms with Crippen LogP contribution in [0.1, 0.15) is 11.4 Å². The average molecular weight is 298 g/mol. The van der Waals surface area contributed by atoms with Crippen LogP contribution >= 0.6 is 11.6 Å². The van der Waals surface area contributed by atoms with Gasteiger partial charge in [-0.05, 0) is 19.9 Å². The number of halogens is 2. The average Bonchev–Trinajstić information content (AvgIpc) is 2.31. The lowest BCUT2D eigenvalue weighted by Gasteiger charge is -2.08. The van der Waals surface area contributed by atoms with Crippen LogP contribution in [0.25, 0.3) is 0 Å². The van der Waals surface area contributed by atoms with Crippen molar-refractivity contribution in [3.8, 4) is 11.6 Å². The molecule has 0 saturated carbocycles. The van der Waals surface area contributed by atoms with E-state index in [-0.39, 0.29) is 28.0 Å². The third-order valence-electron chi connectivity index (χ3n) is 2.44. The summed E-state index contributed by atoms with van der Waals surface area (Å²) in [5.74, 6) is -0.585. The number of nitro groups is 1. The van der Waals surface area contributed by atoms with Gasteiger partial charge in [0.15, 0.2) is 11.6 Å². The quantitative estimate of drug-likeness (QED) is 0.491. The lowest BCUT2D eigenvalue weighted by molar-refractivity contribution is -0.385. The molecule has 0 aliphatic carbocycles. The standard InChI is InChI=1S/C12H9ClFN3O3/c1-6-3-10(8(14)4-9(6)17(18)19)20-12-5-11(13)15-7(2)16-12/h3-5H,1-2H3. The third-order valence-corrected chi connectivity index (χ3v) is 2.64. The second-order valence-electron chi connectivity index (χ2n) is 4.00. The summed E-state index contributed by atoms with van der Waals surface area (Å²) in [7, 11) is 0. The maximum Gasteiger partial charge on any atom is 0.275 e. The topological polar surface area (TPSA) is 78.2 Å². The van der Waals surface area contributed by atoms with Crippen molar-refractivity contribution in [1.29, 1.82) is 0 Å². The minimum absolute atomic E-state index is 0.0645. The number of hydrogen-bond donors (Lipinski definition) is 0. The van der Waals surface area contributed by atoms with Crippen LogP contribution in [0.4, 0.5) is 10.1 Å². The Morgan fingerprint density at radius 2 is 2.00 bits per heavy atom. The molecule has 0 N–H and O–H groups in total. The molecule has 0 amide bonds. The minimum Gasteiger partial charge on any atom is -0.436 e. The zero-order chi connectivity index (χ0) is 14.9. The number of hydrogen-bond acceptors (Lipinski definition) is 5. The Labute approximate surface area is 118 Å². The number of aromatic nitrogens is 2. The molecule has 0 radical (unpaired) electrons. The Morgan fingerprint density at radius 3 is 2.60 bits per heavy atom. The summed E-state index contributed by atoms with van der Waals surface area (Å²) in [6, 6.07) is 3.36. The molecule has 0 unspecified atom stereocenters. The molecule has 0 aliphatic rings. The normalized spacial score (nSPS) is 10.4. The number of aryl methyl sites for hydroxylation is 2. The molecule has 2 rings (SSSR count). The molecule has 0 aliphatic heterocycles. The first-order valence-corrected chi connectivity index (χ1v) is 5.88. The first kappa shape index (κ1) is 14.1. The van der Waals surface area contributed by atoms with Crippen LogP contribution in [-0.4, -0.2) is 14.9 Å². The lowest BCUT2D eigenvalue weighted by Crippen LogP contribution is -1.98.